The maximum absolute atomic E-state index is 12.3. The number of methoxy groups -OCH3 is 1. The van der Waals surface area contributed by atoms with Crippen molar-refractivity contribution in [1.82, 2.24) is 5.32 Å². The molecule has 1 fully saturated rings. The first-order valence-electron chi connectivity index (χ1n) is 7.77. The summed E-state index contributed by atoms with van der Waals surface area (Å²) >= 11 is 0.778. The Morgan fingerprint density at radius 1 is 1.18 bits per heavy atom. The van der Waals surface area contributed by atoms with Crippen LogP contribution in [0.1, 0.15) is 15.9 Å². The molecule has 0 aliphatic carbocycles. The Morgan fingerprint density at radius 3 is 2.61 bits per heavy atom. The van der Waals surface area contributed by atoms with Crippen LogP contribution >= 0.6 is 11.8 Å². The van der Waals surface area contributed by atoms with E-state index in [9.17, 15) is 24.5 Å². The molecule has 0 aromatic heterocycles. The molecule has 0 radical (unpaired) electrons. The topological polar surface area (TPSA) is 125 Å². The number of carbonyl (C=O) groups is 3. The molecule has 0 bridgehead atoms. The minimum absolute atomic E-state index is 0.0139. The number of nitrogens with zero attached hydrogens (tertiary/aromatic N) is 1. The van der Waals surface area contributed by atoms with Gasteiger partial charge in [-0.25, -0.2) is 4.79 Å². The molecule has 2 amide bonds. The van der Waals surface area contributed by atoms with E-state index in [0.717, 1.165) is 17.8 Å². The molecule has 1 saturated heterocycles. The molecule has 1 aliphatic rings. The van der Waals surface area contributed by atoms with Gasteiger partial charge in [0.2, 0.25) is 0 Å². The van der Waals surface area contributed by atoms with Crippen LogP contribution in [0.5, 0.6) is 11.5 Å². The lowest BCUT2D eigenvalue weighted by Crippen LogP contribution is -2.17. The van der Waals surface area contributed by atoms with Crippen LogP contribution < -0.4 is 14.8 Å². The molecule has 2 aromatic carbocycles. The number of carbonyl (C=O) groups excluding carboxylic acids is 3. The van der Waals surface area contributed by atoms with E-state index in [0.29, 0.717) is 5.56 Å². The molecule has 3 rings (SSSR count). The highest BCUT2D eigenvalue weighted by Gasteiger charge is 2.25. The van der Waals surface area contributed by atoms with Crippen LogP contribution in [0, 0.1) is 10.1 Å². The SMILES string of the molecule is COc1cc(/C=C2/SC(=O)NC2=O)ccc1OC(=O)c1cccc([N+](=O)[O-])c1. The fraction of sp³-hybridized carbons (Fsp3) is 0.0556. The van der Waals surface area contributed by atoms with Crippen LogP contribution in [-0.2, 0) is 4.79 Å². The molecule has 0 spiro atoms. The Labute approximate surface area is 162 Å². The van der Waals surface area contributed by atoms with Gasteiger partial charge in [0.25, 0.3) is 16.8 Å². The van der Waals surface area contributed by atoms with Gasteiger partial charge >= 0.3 is 5.97 Å². The van der Waals surface area contributed by atoms with Gasteiger partial charge in [0, 0.05) is 12.1 Å². The summed E-state index contributed by atoms with van der Waals surface area (Å²) in [5.74, 6) is -0.969. The predicted molar refractivity (Wildman–Crippen MR) is 100 cm³/mol. The van der Waals surface area contributed by atoms with Crippen LogP contribution in [0.3, 0.4) is 0 Å². The second-order valence-corrected chi connectivity index (χ2v) is 6.47. The van der Waals surface area contributed by atoms with Gasteiger partial charge in [0.15, 0.2) is 11.5 Å². The Morgan fingerprint density at radius 2 is 1.96 bits per heavy atom. The first-order chi connectivity index (χ1) is 13.4. The van der Waals surface area contributed by atoms with Crippen molar-refractivity contribution >= 4 is 40.6 Å². The highest BCUT2D eigenvalue weighted by atomic mass is 32.2. The van der Waals surface area contributed by atoms with E-state index in [2.05, 4.69) is 5.32 Å². The number of nitro groups is 1. The Kier molecular flexibility index (Phi) is 5.41. The maximum Gasteiger partial charge on any atom is 0.343 e. The molecular formula is C18H12N2O7S. The predicted octanol–water partition coefficient (Wildman–Crippen LogP) is 3.15. The highest BCUT2D eigenvalue weighted by molar-refractivity contribution is 8.18. The number of imide groups is 1. The summed E-state index contributed by atoms with van der Waals surface area (Å²) in [5, 5.41) is 12.5. The highest BCUT2D eigenvalue weighted by Crippen LogP contribution is 2.32. The third-order valence-electron chi connectivity index (χ3n) is 3.62. The molecule has 2 aromatic rings. The lowest BCUT2D eigenvalue weighted by molar-refractivity contribution is -0.384. The summed E-state index contributed by atoms with van der Waals surface area (Å²) in [4.78, 5) is 45.6. The van der Waals surface area contributed by atoms with E-state index in [1.165, 1.54) is 43.5 Å². The number of nitro benzene ring substituents is 1. The lowest BCUT2D eigenvalue weighted by atomic mass is 10.1. The molecular weight excluding hydrogens is 388 g/mol. The second-order valence-electron chi connectivity index (χ2n) is 5.46. The fourth-order valence-corrected chi connectivity index (χ4v) is 3.02. The van der Waals surface area contributed by atoms with E-state index >= 15 is 0 Å². The van der Waals surface area contributed by atoms with Crippen molar-refractivity contribution in [2.75, 3.05) is 7.11 Å². The zero-order chi connectivity index (χ0) is 20.3. The van der Waals surface area contributed by atoms with Crippen molar-refractivity contribution in [2.45, 2.75) is 0 Å². The van der Waals surface area contributed by atoms with Crippen molar-refractivity contribution in [3.63, 3.8) is 0 Å². The minimum atomic E-state index is -0.788. The standard InChI is InChI=1S/C18H12N2O7S/c1-26-14-7-10(8-15-16(21)19-18(23)28-15)5-6-13(14)27-17(22)11-3-2-4-12(9-11)20(24)25/h2-9H,1H3,(H,19,21,23)/b15-8+. The van der Waals surface area contributed by atoms with Crippen molar-refractivity contribution in [3.05, 3.63) is 68.6 Å². The molecule has 0 saturated carbocycles. The van der Waals surface area contributed by atoms with Gasteiger partial charge in [0.05, 0.1) is 22.5 Å². The summed E-state index contributed by atoms with van der Waals surface area (Å²) in [5.41, 5.74) is 0.338. The average molecular weight is 400 g/mol. The zero-order valence-electron chi connectivity index (χ0n) is 14.3. The normalized spacial score (nSPS) is 14.7. The molecule has 142 valence electrons. The van der Waals surface area contributed by atoms with Crippen molar-refractivity contribution in [2.24, 2.45) is 0 Å². The van der Waals surface area contributed by atoms with Gasteiger partial charge in [0.1, 0.15) is 0 Å². The molecule has 28 heavy (non-hydrogen) atoms. The largest absolute Gasteiger partial charge is 0.493 e. The average Bonchev–Trinajstić information content (AvgIpc) is 2.99. The number of nitrogens with one attached hydrogen (secondary N) is 1. The van der Waals surface area contributed by atoms with E-state index < -0.39 is 22.0 Å². The maximum atomic E-state index is 12.3. The summed E-state index contributed by atoms with van der Waals surface area (Å²) in [6, 6.07) is 9.71. The third-order valence-corrected chi connectivity index (χ3v) is 4.43. The summed E-state index contributed by atoms with van der Waals surface area (Å²) in [6.07, 6.45) is 1.50. The van der Waals surface area contributed by atoms with Crippen LogP contribution in [0.25, 0.3) is 6.08 Å². The van der Waals surface area contributed by atoms with Gasteiger partial charge in [-0.2, -0.15) is 0 Å². The van der Waals surface area contributed by atoms with Gasteiger partial charge in [-0.15, -0.1) is 0 Å². The molecule has 1 N–H and O–H groups in total. The monoisotopic (exact) mass is 400 g/mol. The van der Waals surface area contributed by atoms with Crippen molar-refractivity contribution in [3.8, 4) is 11.5 Å². The van der Waals surface area contributed by atoms with Gasteiger partial charge < -0.3 is 9.47 Å². The number of non-ortho nitro benzene ring substituents is 1. The molecule has 1 heterocycles. The molecule has 0 atom stereocenters. The number of benzene rings is 2. The van der Waals surface area contributed by atoms with Crippen LogP contribution in [0.2, 0.25) is 0 Å². The van der Waals surface area contributed by atoms with E-state index in [4.69, 9.17) is 9.47 Å². The minimum Gasteiger partial charge on any atom is -0.493 e. The summed E-state index contributed by atoms with van der Waals surface area (Å²) in [6.45, 7) is 0. The number of rotatable bonds is 5. The van der Waals surface area contributed by atoms with Crippen molar-refractivity contribution < 1.29 is 28.8 Å². The zero-order valence-corrected chi connectivity index (χ0v) is 15.1. The van der Waals surface area contributed by atoms with Crippen LogP contribution in [0.4, 0.5) is 10.5 Å². The van der Waals surface area contributed by atoms with Crippen LogP contribution in [-0.4, -0.2) is 29.1 Å². The van der Waals surface area contributed by atoms with E-state index in [1.54, 1.807) is 6.07 Å². The second kappa shape index (κ2) is 7.92. The summed E-state index contributed by atoms with van der Waals surface area (Å²) < 4.78 is 10.5. The first kappa shape index (κ1) is 19.1. The lowest BCUT2D eigenvalue weighted by Gasteiger charge is -2.10. The van der Waals surface area contributed by atoms with Gasteiger partial charge in [-0.3, -0.25) is 25.0 Å². The fourth-order valence-electron chi connectivity index (χ4n) is 2.34. The van der Waals surface area contributed by atoms with E-state index in [1.807, 2.05) is 0 Å². The Balaban J connectivity index is 1.83. The van der Waals surface area contributed by atoms with Gasteiger partial charge in [-0.1, -0.05) is 12.1 Å². The molecule has 1 aliphatic heterocycles. The van der Waals surface area contributed by atoms with Crippen molar-refractivity contribution in [1.29, 1.82) is 0 Å². The molecule has 9 nitrogen and oxygen atoms in total. The Bertz CT molecular complexity index is 1030. The quantitative estimate of drug-likeness (QED) is 0.267. The third kappa shape index (κ3) is 4.18. The number of hydrogen-bond acceptors (Lipinski definition) is 8. The molecule has 0 unspecified atom stereocenters. The van der Waals surface area contributed by atoms with Gasteiger partial charge in [-0.05, 0) is 41.6 Å². The summed E-state index contributed by atoms with van der Waals surface area (Å²) in [7, 11) is 1.37. The molecule has 10 heteroatoms. The van der Waals surface area contributed by atoms with Crippen LogP contribution in [0.15, 0.2) is 47.4 Å². The number of esters is 1. The smallest absolute Gasteiger partial charge is 0.343 e. The number of ether oxygens (including phenoxy) is 2. The number of amides is 2. The Hall–Kier alpha value is -3.66. The number of hydrogen-bond donors (Lipinski definition) is 1. The van der Waals surface area contributed by atoms with E-state index in [-0.39, 0.29) is 27.7 Å². The number of thioether (sulfide) groups is 1. The first-order valence-corrected chi connectivity index (χ1v) is 8.58.